The third-order valence-electron chi connectivity index (χ3n) is 2.42. The molecular formula is C10H11NO. The number of anilines is 1. The zero-order chi connectivity index (χ0) is 8.55. The second kappa shape index (κ2) is 2.63. The van der Waals surface area contributed by atoms with Crippen molar-refractivity contribution in [3.05, 3.63) is 29.3 Å². The summed E-state index contributed by atoms with van der Waals surface area (Å²) in [7, 11) is 2.06. The quantitative estimate of drug-likeness (QED) is 0.581. The standard InChI is InChI=1S/C10H11NO/c1-11-6-5-9-8(7-12)3-2-4-10(9)11/h2-4,7H,5-6H2,1H3. The molecule has 2 rings (SSSR count). The SMILES string of the molecule is CN1CCc2c(C=O)cccc21. The average Bonchev–Trinajstić information content (AvgIpc) is 2.48. The molecular weight excluding hydrogens is 150 g/mol. The lowest BCUT2D eigenvalue weighted by Gasteiger charge is -2.11. The first-order valence-electron chi connectivity index (χ1n) is 4.11. The minimum atomic E-state index is 0.844. The van der Waals surface area contributed by atoms with Crippen LogP contribution in [0.25, 0.3) is 0 Å². The van der Waals surface area contributed by atoms with E-state index in [2.05, 4.69) is 18.0 Å². The maximum absolute atomic E-state index is 10.7. The molecule has 0 saturated carbocycles. The van der Waals surface area contributed by atoms with Gasteiger partial charge >= 0.3 is 0 Å². The van der Waals surface area contributed by atoms with Crippen molar-refractivity contribution < 1.29 is 4.79 Å². The molecule has 1 aromatic rings. The molecule has 0 spiro atoms. The van der Waals surface area contributed by atoms with Gasteiger partial charge in [0.05, 0.1) is 0 Å². The largest absolute Gasteiger partial charge is 0.374 e. The zero-order valence-electron chi connectivity index (χ0n) is 7.08. The summed E-state index contributed by atoms with van der Waals surface area (Å²) in [6.07, 6.45) is 1.94. The summed E-state index contributed by atoms with van der Waals surface area (Å²) in [4.78, 5) is 12.8. The summed E-state index contributed by atoms with van der Waals surface area (Å²) < 4.78 is 0. The molecule has 1 aliphatic rings. The highest BCUT2D eigenvalue weighted by Crippen LogP contribution is 2.28. The molecule has 0 amide bonds. The number of hydrogen-bond donors (Lipinski definition) is 0. The Bertz CT molecular complexity index is 320. The Kier molecular flexibility index (Phi) is 1.61. The molecule has 0 fully saturated rings. The molecule has 0 aliphatic carbocycles. The van der Waals surface area contributed by atoms with Crippen LogP contribution in [0.2, 0.25) is 0 Å². The lowest BCUT2D eigenvalue weighted by atomic mass is 10.1. The fraction of sp³-hybridized carbons (Fsp3) is 0.300. The molecule has 0 atom stereocenters. The van der Waals surface area contributed by atoms with E-state index in [0.29, 0.717) is 0 Å². The van der Waals surface area contributed by atoms with Crippen molar-refractivity contribution in [3.63, 3.8) is 0 Å². The van der Waals surface area contributed by atoms with Crippen LogP contribution in [0.15, 0.2) is 18.2 Å². The molecule has 12 heavy (non-hydrogen) atoms. The van der Waals surface area contributed by atoms with Crippen molar-refractivity contribution in [2.75, 3.05) is 18.5 Å². The lowest BCUT2D eigenvalue weighted by molar-refractivity contribution is 0.112. The van der Waals surface area contributed by atoms with Gasteiger partial charge in [-0.1, -0.05) is 12.1 Å². The Morgan fingerprint density at radius 1 is 1.50 bits per heavy atom. The highest BCUT2D eigenvalue weighted by atomic mass is 16.1. The molecule has 2 heteroatoms. The fourth-order valence-corrected chi connectivity index (χ4v) is 1.73. The smallest absolute Gasteiger partial charge is 0.150 e. The lowest BCUT2D eigenvalue weighted by Crippen LogP contribution is -2.12. The zero-order valence-corrected chi connectivity index (χ0v) is 7.08. The van der Waals surface area contributed by atoms with Gasteiger partial charge in [0.1, 0.15) is 6.29 Å². The van der Waals surface area contributed by atoms with E-state index in [1.165, 1.54) is 11.3 Å². The Morgan fingerprint density at radius 2 is 2.33 bits per heavy atom. The van der Waals surface area contributed by atoms with E-state index in [0.717, 1.165) is 24.8 Å². The fourth-order valence-electron chi connectivity index (χ4n) is 1.73. The minimum absolute atomic E-state index is 0.844. The van der Waals surface area contributed by atoms with Crippen molar-refractivity contribution in [3.8, 4) is 0 Å². The second-order valence-corrected chi connectivity index (χ2v) is 3.13. The van der Waals surface area contributed by atoms with Crippen LogP contribution in [-0.4, -0.2) is 19.9 Å². The number of fused-ring (bicyclic) bond motifs is 1. The van der Waals surface area contributed by atoms with Crippen molar-refractivity contribution in [1.29, 1.82) is 0 Å². The summed E-state index contributed by atoms with van der Waals surface area (Å²) in [5, 5.41) is 0. The van der Waals surface area contributed by atoms with Crippen LogP contribution in [-0.2, 0) is 6.42 Å². The molecule has 0 unspecified atom stereocenters. The molecule has 1 heterocycles. The first-order valence-corrected chi connectivity index (χ1v) is 4.11. The maximum Gasteiger partial charge on any atom is 0.150 e. The molecule has 0 saturated heterocycles. The van der Waals surface area contributed by atoms with Crippen LogP contribution in [0.4, 0.5) is 5.69 Å². The Morgan fingerprint density at radius 3 is 3.08 bits per heavy atom. The van der Waals surface area contributed by atoms with E-state index in [1.807, 2.05) is 12.1 Å². The highest BCUT2D eigenvalue weighted by Gasteiger charge is 2.17. The molecule has 0 radical (unpaired) electrons. The summed E-state index contributed by atoms with van der Waals surface area (Å²) in [5.41, 5.74) is 3.26. The molecule has 1 aromatic carbocycles. The van der Waals surface area contributed by atoms with E-state index in [4.69, 9.17) is 0 Å². The summed E-state index contributed by atoms with van der Waals surface area (Å²) >= 11 is 0. The second-order valence-electron chi connectivity index (χ2n) is 3.13. The van der Waals surface area contributed by atoms with Gasteiger partial charge in [-0.3, -0.25) is 4.79 Å². The van der Waals surface area contributed by atoms with E-state index < -0.39 is 0 Å². The first kappa shape index (κ1) is 7.35. The van der Waals surface area contributed by atoms with Gasteiger partial charge in [-0.15, -0.1) is 0 Å². The van der Waals surface area contributed by atoms with E-state index >= 15 is 0 Å². The number of aldehydes is 1. The van der Waals surface area contributed by atoms with E-state index in [9.17, 15) is 4.79 Å². The van der Waals surface area contributed by atoms with Gasteiger partial charge in [0.25, 0.3) is 0 Å². The van der Waals surface area contributed by atoms with E-state index in [-0.39, 0.29) is 0 Å². The van der Waals surface area contributed by atoms with Gasteiger partial charge in [0.2, 0.25) is 0 Å². The highest BCUT2D eigenvalue weighted by molar-refractivity contribution is 5.82. The van der Waals surface area contributed by atoms with Crippen LogP contribution in [0.1, 0.15) is 15.9 Å². The van der Waals surface area contributed by atoms with Gasteiger partial charge in [0, 0.05) is 24.8 Å². The van der Waals surface area contributed by atoms with Gasteiger partial charge in [0.15, 0.2) is 0 Å². The number of likely N-dealkylation sites (N-methyl/N-ethyl adjacent to an activating group) is 1. The Labute approximate surface area is 71.8 Å². The Balaban J connectivity index is 2.57. The molecule has 2 nitrogen and oxygen atoms in total. The predicted molar refractivity (Wildman–Crippen MR) is 48.8 cm³/mol. The Hall–Kier alpha value is -1.31. The minimum Gasteiger partial charge on any atom is -0.374 e. The van der Waals surface area contributed by atoms with Crippen LogP contribution in [0.5, 0.6) is 0 Å². The van der Waals surface area contributed by atoms with Crippen LogP contribution >= 0.6 is 0 Å². The average molecular weight is 161 g/mol. The molecule has 0 bridgehead atoms. The van der Waals surface area contributed by atoms with Gasteiger partial charge in [-0.25, -0.2) is 0 Å². The summed E-state index contributed by atoms with van der Waals surface area (Å²) in [6.45, 7) is 1.03. The number of carbonyl (C=O) groups is 1. The van der Waals surface area contributed by atoms with Gasteiger partial charge in [-0.05, 0) is 18.1 Å². The van der Waals surface area contributed by atoms with Crippen LogP contribution < -0.4 is 4.90 Å². The van der Waals surface area contributed by atoms with Crippen LogP contribution in [0.3, 0.4) is 0 Å². The third-order valence-corrected chi connectivity index (χ3v) is 2.42. The summed E-state index contributed by atoms with van der Waals surface area (Å²) in [5.74, 6) is 0. The van der Waals surface area contributed by atoms with Crippen molar-refractivity contribution in [2.24, 2.45) is 0 Å². The van der Waals surface area contributed by atoms with Gasteiger partial charge in [-0.2, -0.15) is 0 Å². The third kappa shape index (κ3) is 0.916. The number of carbonyl (C=O) groups excluding carboxylic acids is 1. The normalized spacial score (nSPS) is 14.6. The maximum atomic E-state index is 10.7. The van der Waals surface area contributed by atoms with Crippen LogP contribution in [0, 0.1) is 0 Å². The molecule has 0 N–H and O–H groups in total. The van der Waals surface area contributed by atoms with Crippen molar-refractivity contribution >= 4 is 12.0 Å². The molecule has 62 valence electrons. The van der Waals surface area contributed by atoms with E-state index in [1.54, 1.807) is 0 Å². The number of hydrogen-bond acceptors (Lipinski definition) is 2. The van der Waals surface area contributed by atoms with Crippen molar-refractivity contribution in [2.45, 2.75) is 6.42 Å². The number of nitrogens with zero attached hydrogens (tertiary/aromatic N) is 1. The topological polar surface area (TPSA) is 20.3 Å². The first-order chi connectivity index (χ1) is 5.83. The molecule has 1 aliphatic heterocycles. The summed E-state index contributed by atoms with van der Waals surface area (Å²) in [6, 6.07) is 5.88. The number of rotatable bonds is 1. The number of benzene rings is 1. The van der Waals surface area contributed by atoms with Gasteiger partial charge < -0.3 is 4.90 Å². The molecule has 0 aromatic heterocycles. The monoisotopic (exact) mass is 161 g/mol. The predicted octanol–water partition coefficient (Wildman–Crippen LogP) is 1.49. The van der Waals surface area contributed by atoms with Crippen molar-refractivity contribution in [1.82, 2.24) is 0 Å².